The summed E-state index contributed by atoms with van der Waals surface area (Å²) in [4.78, 5) is 0. The van der Waals surface area contributed by atoms with Crippen LogP contribution < -0.4 is 5.32 Å². The van der Waals surface area contributed by atoms with Gasteiger partial charge in [0.05, 0.1) is 6.26 Å². The fraction of sp³-hybridized carbons (Fsp3) is 0.692. The molecule has 2 rings (SSSR count). The van der Waals surface area contributed by atoms with Gasteiger partial charge in [-0.15, -0.1) is 0 Å². The number of nitrogens with one attached hydrogen (secondary N) is 1. The Labute approximate surface area is 92.1 Å². The Hall–Kier alpha value is -0.760. The minimum atomic E-state index is 0.228. The summed E-state index contributed by atoms with van der Waals surface area (Å²) >= 11 is 0. The van der Waals surface area contributed by atoms with E-state index in [0.717, 1.165) is 12.5 Å². The highest BCUT2D eigenvalue weighted by atomic mass is 16.3. The molecule has 84 valence electrons. The van der Waals surface area contributed by atoms with E-state index in [-0.39, 0.29) is 5.54 Å². The van der Waals surface area contributed by atoms with Crippen LogP contribution in [0, 0.1) is 12.8 Å². The maximum absolute atomic E-state index is 5.52. The zero-order valence-corrected chi connectivity index (χ0v) is 10.1. The monoisotopic (exact) mass is 207 g/mol. The predicted molar refractivity (Wildman–Crippen MR) is 62.0 cm³/mol. The van der Waals surface area contributed by atoms with E-state index in [1.807, 2.05) is 0 Å². The highest BCUT2D eigenvalue weighted by Gasteiger charge is 2.41. The van der Waals surface area contributed by atoms with E-state index in [1.54, 1.807) is 6.26 Å². The van der Waals surface area contributed by atoms with Crippen LogP contribution in [0.1, 0.15) is 44.4 Å². The van der Waals surface area contributed by atoms with Crippen LogP contribution in [-0.4, -0.2) is 12.1 Å². The fourth-order valence-corrected chi connectivity index (χ4v) is 2.00. The number of furan rings is 1. The molecule has 2 atom stereocenters. The first-order chi connectivity index (χ1) is 6.97. The Morgan fingerprint density at radius 1 is 1.47 bits per heavy atom. The van der Waals surface area contributed by atoms with E-state index in [9.17, 15) is 0 Å². The van der Waals surface area contributed by atoms with Crippen molar-refractivity contribution in [2.75, 3.05) is 6.54 Å². The third kappa shape index (κ3) is 2.63. The van der Waals surface area contributed by atoms with Crippen molar-refractivity contribution in [3.63, 3.8) is 0 Å². The molecule has 0 aliphatic heterocycles. The second-order valence-corrected chi connectivity index (χ2v) is 5.70. The summed E-state index contributed by atoms with van der Waals surface area (Å²) in [6, 6.07) is 2.06. The molecule has 1 fully saturated rings. The van der Waals surface area contributed by atoms with Crippen molar-refractivity contribution in [3.8, 4) is 0 Å². The van der Waals surface area contributed by atoms with Crippen LogP contribution in [0.2, 0.25) is 0 Å². The average molecular weight is 207 g/mol. The summed E-state index contributed by atoms with van der Waals surface area (Å²) < 4.78 is 5.52. The Kier molecular flexibility index (Phi) is 2.63. The molecule has 1 aliphatic rings. The van der Waals surface area contributed by atoms with Crippen molar-refractivity contribution in [1.29, 1.82) is 0 Å². The highest BCUT2D eigenvalue weighted by Crippen LogP contribution is 2.48. The zero-order chi connectivity index (χ0) is 11.1. The van der Waals surface area contributed by atoms with Gasteiger partial charge in [-0.3, -0.25) is 0 Å². The van der Waals surface area contributed by atoms with Crippen LogP contribution in [0.4, 0.5) is 0 Å². The summed E-state index contributed by atoms with van der Waals surface area (Å²) in [5.74, 6) is 2.64. The van der Waals surface area contributed by atoms with Gasteiger partial charge in [-0.05, 0) is 58.2 Å². The average Bonchev–Trinajstić information content (AvgIpc) is 2.77. The minimum Gasteiger partial charge on any atom is -0.469 e. The van der Waals surface area contributed by atoms with Crippen molar-refractivity contribution in [1.82, 2.24) is 5.32 Å². The summed E-state index contributed by atoms with van der Waals surface area (Å²) in [7, 11) is 0. The van der Waals surface area contributed by atoms with Crippen LogP contribution in [0.25, 0.3) is 0 Å². The molecule has 1 aromatic rings. The van der Waals surface area contributed by atoms with Gasteiger partial charge >= 0.3 is 0 Å². The summed E-state index contributed by atoms with van der Waals surface area (Å²) in [5.41, 5.74) is 1.53. The lowest BCUT2D eigenvalue weighted by Gasteiger charge is -2.20. The highest BCUT2D eigenvalue weighted by molar-refractivity contribution is 5.24. The lowest BCUT2D eigenvalue weighted by molar-refractivity contribution is 0.409. The molecule has 2 nitrogen and oxygen atoms in total. The molecular formula is C13H21NO. The van der Waals surface area contributed by atoms with E-state index in [2.05, 4.69) is 39.1 Å². The van der Waals surface area contributed by atoms with Crippen LogP contribution in [0.15, 0.2) is 16.7 Å². The number of hydrogen-bond donors (Lipinski definition) is 1. The molecule has 1 heterocycles. The molecule has 0 spiro atoms. The lowest BCUT2D eigenvalue weighted by atomic mass is 10.1. The standard InChI is InChI=1S/C13H21NO/c1-9-5-6-15-12(9)11-7-10(11)8-14-13(2,3)4/h5-6,10-11,14H,7-8H2,1-4H3. The molecule has 0 radical (unpaired) electrons. The number of rotatable bonds is 3. The van der Waals surface area contributed by atoms with Gasteiger partial charge in [0.1, 0.15) is 5.76 Å². The molecule has 2 unspecified atom stereocenters. The van der Waals surface area contributed by atoms with Crippen molar-refractivity contribution >= 4 is 0 Å². The molecule has 1 aromatic heterocycles. The van der Waals surface area contributed by atoms with Crippen molar-refractivity contribution in [2.24, 2.45) is 5.92 Å². The maximum atomic E-state index is 5.52. The summed E-state index contributed by atoms with van der Waals surface area (Å²) in [6.07, 6.45) is 3.08. The molecular weight excluding hydrogens is 186 g/mol. The normalized spacial score (nSPS) is 25.6. The zero-order valence-electron chi connectivity index (χ0n) is 10.1. The van der Waals surface area contributed by atoms with Gasteiger partial charge in [-0.2, -0.15) is 0 Å². The Bertz CT molecular complexity index is 335. The molecule has 15 heavy (non-hydrogen) atoms. The van der Waals surface area contributed by atoms with Gasteiger partial charge < -0.3 is 9.73 Å². The van der Waals surface area contributed by atoms with Gasteiger partial charge in [0, 0.05) is 11.5 Å². The Balaban J connectivity index is 1.84. The largest absolute Gasteiger partial charge is 0.469 e. The predicted octanol–water partition coefficient (Wildman–Crippen LogP) is 3.08. The van der Waals surface area contributed by atoms with Gasteiger partial charge in [0.15, 0.2) is 0 Å². The Morgan fingerprint density at radius 2 is 2.20 bits per heavy atom. The molecule has 0 saturated heterocycles. The van der Waals surface area contributed by atoms with Gasteiger partial charge in [-0.1, -0.05) is 0 Å². The maximum Gasteiger partial charge on any atom is 0.110 e. The van der Waals surface area contributed by atoms with E-state index in [4.69, 9.17) is 4.42 Å². The SMILES string of the molecule is Cc1ccoc1C1CC1CNC(C)(C)C. The molecule has 1 aliphatic carbocycles. The first-order valence-corrected chi connectivity index (χ1v) is 5.76. The fourth-order valence-electron chi connectivity index (χ4n) is 2.00. The number of hydrogen-bond acceptors (Lipinski definition) is 2. The summed E-state index contributed by atoms with van der Waals surface area (Å²) in [6.45, 7) is 9.87. The first kappa shape index (κ1) is 10.7. The topological polar surface area (TPSA) is 25.2 Å². The van der Waals surface area contributed by atoms with Crippen LogP contribution in [0.5, 0.6) is 0 Å². The van der Waals surface area contributed by atoms with Crippen LogP contribution in [-0.2, 0) is 0 Å². The molecule has 1 saturated carbocycles. The molecule has 1 N–H and O–H groups in total. The van der Waals surface area contributed by atoms with Crippen LogP contribution in [0.3, 0.4) is 0 Å². The van der Waals surface area contributed by atoms with Crippen molar-refractivity contribution in [3.05, 3.63) is 23.7 Å². The van der Waals surface area contributed by atoms with E-state index >= 15 is 0 Å². The number of aryl methyl sites for hydroxylation is 1. The molecule has 0 amide bonds. The van der Waals surface area contributed by atoms with E-state index < -0.39 is 0 Å². The third-order valence-corrected chi connectivity index (χ3v) is 3.06. The minimum absolute atomic E-state index is 0.228. The quantitative estimate of drug-likeness (QED) is 0.824. The van der Waals surface area contributed by atoms with Crippen molar-refractivity contribution in [2.45, 2.75) is 45.6 Å². The Morgan fingerprint density at radius 3 is 2.73 bits per heavy atom. The van der Waals surface area contributed by atoms with Gasteiger partial charge in [0.25, 0.3) is 0 Å². The molecule has 0 aromatic carbocycles. The first-order valence-electron chi connectivity index (χ1n) is 5.76. The second kappa shape index (κ2) is 3.67. The summed E-state index contributed by atoms with van der Waals surface area (Å²) in [5, 5.41) is 3.55. The van der Waals surface area contributed by atoms with E-state index in [1.165, 1.54) is 17.7 Å². The molecule has 0 bridgehead atoms. The third-order valence-electron chi connectivity index (χ3n) is 3.06. The smallest absolute Gasteiger partial charge is 0.110 e. The van der Waals surface area contributed by atoms with Gasteiger partial charge in [-0.25, -0.2) is 0 Å². The second-order valence-electron chi connectivity index (χ2n) is 5.70. The van der Waals surface area contributed by atoms with Gasteiger partial charge in [0.2, 0.25) is 0 Å². The van der Waals surface area contributed by atoms with Crippen molar-refractivity contribution < 1.29 is 4.42 Å². The van der Waals surface area contributed by atoms with Crippen LogP contribution >= 0.6 is 0 Å². The lowest BCUT2D eigenvalue weighted by Crippen LogP contribution is -2.37. The van der Waals surface area contributed by atoms with E-state index in [0.29, 0.717) is 5.92 Å². The molecule has 2 heteroatoms.